The minimum absolute atomic E-state index is 0.00565. The van der Waals surface area contributed by atoms with E-state index in [4.69, 9.17) is 10.00 Å². The molecule has 1 aliphatic carbocycles. The molecule has 178 valence electrons. The Kier molecular flexibility index (Phi) is 5.64. The first kappa shape index (κ1) is 22.5. The SMILES string of the molecule is COc1cc(C2(NCC(=O)N3CC4C[C@H](C)C(C3)N4c3ccc(C#N)cn3)CC2)c(F)cc1F. The zero-order valence-electron chi connectivity index (χ0n) is 19.2. The summed E-state index contributed by atoms with van der Waals surface area (Å²) in [7, 11) is 1.35. The van der Waals surface area contributed by atoms with E-state index in [0.717, 1.165) is 18.3 Å². The van der Waals surface area contributed by atoms with Crippen molar-refractivity contribution in [1.29, 1.82) is 5.26 Å². The fourth-order valence-electron chi connectivity index (χ4n) is 5.47. The number of amides is 1. The van der Waals surface area contributed by atoms with Crippen LogP contribution in [0.15, 0.2) is 30.5 Å². The number of rotatable bonds is 6. The van der Waals surface area contributed by atoms with Crippen LogP contribution in [0.4, 0.5) is 14.6 Å². The van der Waals surface area contributed by atoms with Crippen LogP contribution in [0.1, 0.15) is 37.3 Å². The second-order valence-corrected chi connectivity index (χ2v) is 9.56. The van der Waals surface area contributed by atoms with Crippen LogP contribution in [0.2, 0.25) is 0 Å². The Labute approximate surface area is 197 Å². The predicted octanol–water partition coefficient (Wildman–Crippen LogP) is 2.94. The number of methoxy groups -OCH3 is 1. The molecule has 5 rings (SSSR count). The Morgan fingerprint density at radius 1 is 1.29 bits per heavy atom. The molecule has 1 aromatic carbocycles. The number of anilines is 1. The molecule has 3 atom stereocenters. The van der Waals surface area contributed by atoms with Gasteiger partial charge in [-0.1, -0.05) is 6.92 Å². The van der Waals surface area contributed by atoms with Crippen molar-refractivity contribution in [3.8, 4) is 11.8 Å². The summed E-state index contributed by atoms with van der Waals surface area (Å²) >= 11 is 0. The Balaban J connectivity index is 1.26. The fraction of sp³-hybridized carbons (Fsp3) is 0.480. The summed E-state index contributed by atoms with van der Waals surface area (Å²) in [4.78, 5) is 21.8. The van der Waals surface area contributed by atoms with E-state index in [1.54, 1.807) is 12.3 Å². The lowest BCUT2D eigenvalue weighted by Gasteiger charge is -2.42. The van der Waals surface area contributed by atoms with Crippen LogP contribution < -0.4 is 15.0 Å². The zero-order chi connectivity index (χ0) is 24.0. The molecule has 1 aromatic heterocycles. The highest BCUT2D eigenvalue weighted by atomic mass is 19.1. The number of likely N-dealkylation sites (tertiary alicyclic amines) is 1. The van der Waals surface area contributed by atoms with Crippen LogP contribution in [0.3, 0.4) is 0 Å². The topological polar surface area (TPSA) is 81.5 Å². The van der Waals surface area contributed by atoms with Crippen molar-refractivity contribution in [1.82, 2.24) is 15.2 Å². The fourth-order valence-corrected chi connectivity index (χ4v) is 5.47. The Morgan fingerprint density at radius 2 is 2.09 bits per heavy atom. The smallest absolute Gasteiger partial charge is 0.236 e. The third kappa shape index (κ3) is 3.86. The molecule has 34 heavy (non-hydrogen) atoms. The van der Waals surface area contributed by atoms with E-state index in [9.17, 15) is 13.6 Å². The molecule has 3 heterocycles. The van der Waals surface area contributed by atoms with Gasteiger partial charge in [0.05, 0.1) is 25.3 Å². The summed E-state index contributed by atoms with van der Waals surface area (Å²) in [6, 6.07) is 8.27. The van der Waals surface area contributed by atoms with Crippen LogP contribution >= 0.6 is 0 Å². The molecule has 1 N–H and O–H groups in total. The van der Waals surface area contributed by atoms with Gasteiger partial charge in [0.2, 0.25) is 5.91 Å². The van der Waals surface area contributed by atoms with Gasteiger partial charge < -0.3 is 14.5 Å². The largest absolute Gasteiger partial charge is 0.494 e. The summed E-state index contributed by atoms with van der Waals surface area (Å²) in [6.07, 6.45) is 3.90. The number of nitrogens with one attached hydrogen (secondary N) is 1. The molecule has 2 aromatic rings. The van der Waals surface area contributed by atoms with Crippen LogP contribution in [0.25, 0.3) is 0 Å². The molecule has 3 fully saturated rings. The Hall–Kier alpha value is -3.25. The maximum absolute atomic E-state index is 14.5. The van der Waals surface area contributed by atoms with Gasteiger partial charge in [-0.2, -0.15) is 5.26 Å². The second kappa shape index (κ2) is 8.51. The van der Waals surface area contributed by atoms with Gasteiger partial charge in [0.25, 0.3) is 0 Å². The first-order chi connectivity index (χ1) is 16.3. The van der Waals surface area contributed by atoms with E-state index in [0.29, 0.717) is 43.0 Å². The van der Waals surface area contributed by atoms with Crippen molar-refractivity contribution < 1.29 is 18.3 Å². The maximum Gasteiger partial charge on any atom is 0.236 e. The van der Waals surface area contributed by atoms with Gasteiger partial charge in [0.1, 0.15) is 17.7 Å². The lowest BCUT2D eigenvalue weighted by molar-refractivity contribution is -0.131. The number of carbonyl (C=O) groups excluding carboxylic acids is 1. The van der Waals surface area contributed by atoms with Gasteiger partial charge in [0, 0.05) is 42.5 Å². The number of nitriles is 1. The van der Waals surface area contributed by atoms with Crippen molar-refractivity contribution in [3.63, 3.8) is 0 Å². The molecular formula is C25H27F2N5O2. The summed E-state index contributed by atoms with van der Waals surface area (Å²) in [5.41, 5.74) is 0.193. The van der Waals surface area contributed by atoms with E-state index in [-0.39, 0.29) is 30.3 Å². The highest BCUT2D eigenvalue weighted by molar-refractivity contribution is 5.79. The van der Waals surface area contributed by atoms with Gasteiger partial charge in [0.15, 0.2) is 11.6 Å². The van der Waals surface area contributed by atoms with E-state index in [2.05, 4.69) is 28.2 Å². The van der Waals surface area contributed by atoms with Crippen LogP contribution in [0, 0.1) is 28.9 Å². The quantitative estimate of drug-likeness (QED) is 0.704. The van der Waals surface area contributed by atoms with Gasteiger partial charge in [-0.15, -0.1) is 0 Å². The number of benzene rings is 1. The number of hydrogen-bond acceptors (Lipinski definition) is 6. The third-order valence-electron chi connectivity index (χ3n) is 7.47. The van der Waals surface area contributed by atoms with E-state index in [1.165, 1.54) is 13.2 Å². The number of halogens is 2. The standard InChI is InChI=1S/C25H27F2N5O2/c1-15-7-17-13-31(14-21(15)32(17)23-4-3-16(10-28)11-29-23)24(33)12-30-25(5-6-25)18-8-22(34-2)20(27)9-19(18)26/h3-4,8-9,11,15,17,21,30H,5-7,12-14H2,1-2H3/t15-,17?,21?/m0/s1. The second-order valence-electron chi connectivity index (χ2n) is 9.56. The summed E-state index contributed by atoms with van der Waals surface area (Å²) in [5.74, 6) is -0.169. The molecule has 2 unspecified atom stereocenters. The van der Waals surface area contributed by atoms with E-state index < -0.39 is 17.2 Å². The monoisotopic (exact) mass is 467 g/mol. The van der Waals surface area contributed by atoms with Gasteiger partial charge >= 0.3 is 0 Å². The van der Waals surface area contributed by atoms with Crippen molar-refractivity contribution >= 4 is 11.7 Å². The Morgan fingerprint density at radius 3 is 2.71 bits per heavy atom. The number of fused-ring (bicyclic) bond motifs is 2. The number of pyridine rings is 1. The summed E-state index contributed by atoms with van der Waals surface area (Å²) < 4.78 is 33.4. The van der Waals surface area contributed by atoms with Gasteiger partial charge in [-0.3, -0.25) is 10.1 Å². The third-order valence-corrected chi connectivity index (χ3v) is 7.47. The number of aromatic nitrogens is 1. The average molecular weight is 468 g/mol. The molecule has 3 aliphatic rings. The molecule has 0 radical (unpaired) electrons. The number of carbonyl (C=O) groups is 1. The summed E-state index contributed by atoms with van der Waals surface area (Å²) in [5, 5.41) is 12.3. The number of ether oxygens (including phenoxy) is 1. The molecule has 2 aliphatic heterocycles. The highest BCUT2D eigenvalue weighted by Crippen LogP contribution is 2.47. The number of hydrogen-bond donors (Lipinski definition) is 1. The van der Waals surface area contributed by atoms with Crippen LogP contribution in [-0.2, 0) is 10.3 Å². The van der Waals surface area contributed by atoms with Crippen molar-refractivity contribution in [3.05, 3.63) is 53.2 Å². The zero-order valence-corrected chi connectivity index (χ0v) is 19.2. The first-order valence-corrected chi connectivity index (χ1v) is 11.6. The molecular weight excluding hydrogens is 440 g/mol. The molecule has 1 saturated carbocycles. The maximum atomic E-state index is 14.5. The van der Waals surface area contributed by atoms with Crippen molar-refractivity contribution in [2.45, 2.75) is 43.8 Å². The van der Waals surface area contributed by atoms with E-state index >= 15 is 0 Å². The number of piperazine rings is 1. The minimum Gasteiger partial charge on any atom is -0.494 e. The normalized spacial score (nSPS) is 24.6. The Bertz CT molecular complexity index is 1150. The van der Waals surface area contributed by atoms with Crippen molar-refractivity contribution in [2.75, 3.05) is 31.6 Å². The average Bonchev–Trinajstić information content (AvgIpc) is 3.59. The molecule has 2 saturated heterocycles. The lowest BCUT2D eigenvalue weighted by Crippen LogP contribution is -2.58. The molecule has 2 bridgehead atoms. The molecule has 0 spiro atoms. The predicted molar refractivity (Wildman–Crippen MR) is 121 cm³/mol. The molecule has 1 amide bonds. The first-order valence-electron chi connectivity index (χ1n) is 11.6. The minimum atomic E-state index is -0.741. The van der Waals surface area contributed by atoms with Gasteiger partial charge in [-0.25, -0.2) is 13.8 Å². The highest BCUT2D eigenvalue weighted by Gasteiger charge is 2.48. The van der Waals surface area contributed by atoms with Crippen LogP contribution in [-0.4, -0.2) is 54.6 Å². The van der Waals surface area contributed by atoms with Crippen LogP contribution in [0.5, 0.6) is 5.75 Å². The lowest BCUT2D eigenvalue weighted by atomic mass is 10.0. The van der Waals surface area contributed by atoms with E-state index in [1.807, 2.05) is 11.0 Å². The number of nitrogens with zero attached hydrogens (tertiary/aromatic N) is 4. The molecule has 9 heteroatoms. The summed E-state index contributed by atoms with van der Waals surface area (Å²) in [6.45, 7) is 3.46. The molecule has 7 nitrogen and oxygen atoms in total. The van der Waals surface area contributed by atoms with Crippen molar-refractivity contribution in [2.24, 2.45) is 5.92 Å². The van der Waals surface area contributed by atoms with Gasteiger partial charge in [-0.05, 0) is 43.4 Å².